The minimum absolute atomic E-state index is 0.690. The number of unbranched alkanes of at least 4 members (excludes halogenated alkanes) is 4. The molecular weight excluding hydrogens is 696 g/mol. The Morgan fingerprint density at radius 1 is 0.460 bits per heavy atom. The van der Waals surface area contributed by atoms with Gasteiger partial charge < -0.3 is 0 Å². The fraction of sp³-hybridized carbons (Fsp3) is 0.417. The Balaban J connectivity index is 1.50. The van der Waals surface area contributed by atoms with E-state index >= 15 is 0 Å². The van der Waals surface area contributed by atoms with Gasteiger partial charge in [0.2, 0.25) is 0 Å². The van der Waals surface area contributed by atoms with Crippen LogP contribution >= 0.6 is 0 Å². The first kappa shape index (κ1) is 37.2. The number of aryl methyl sites for hydroxylation is 2. The second kappa shape index (κ2) is 17.8. The molecule has 0 bridgehead atoms. The van der Waals surface area contributed by atoms with Crippen LogP contribution in [0.25, 0.3) is 34.4 Å². The first-order valence-electron chi connectivity index (χ1n) is 20.2. The molecule has 2 atom stereocenters. The number of allylic oxidation sites excluding steroid dienone is 2. The molecule has 4 aromatic carbocycles. The van der Waals surface area contributed by atoms with E-state index in [9.17, 15) is 0 Å². The molecule has 0 fully saturated rings. The van der Waals surface area contributed by atoms with E-state index in [1.807, 2.05) is 0 Å². The summed E-state index contributed by atoms with van der Waals surface area (Å²) >= 11 is -2.21. The van der Waals surface area contributed by atoms with Crippen molar-refractivity contribution in [3.05, 3.63) is 129 Å². The van der Waals surface area contributed by atoms with Crippen LogP contribution in [0.4, 0.5) is 0 Å². The molecule has 50 heavy (non-hydrogen) atoms. The molecule has 4 aromatic rings. The van der Waals surface area contributed by atoms with Crippen LogP contribution in [0.15, 0.2) is 96.1 Å². The summed E-state index contributed by atoms with van der Waals surface area (Å²) in [5.41, 5.74) is 19.1. The van der Waals surface area contributed by atoms with Gasteiger partial charge in [-0.2, -0.15) is 0 Å². The molecule has 0 radical (unpaired) electrons. The van der Waals surface area contributed by atoms with E-state index in [-0.39, 0.29) is 0 Å². The molecule has 2 unspecified atom stereocenters. The van der Waals surface area contributed by atoms with E-state index in [2.05, 4.69) is 138 Å². The van der Waals surface area contributed by atoms with Gasteiger partial charge in [0.15, 0.2) is 0 Å². The summed E-state index contributed by atoms with van der Waals surface area (Å²) in [5, 5.41) is 0. The van der Waals surface area contributed by atoms with Gasteiger partial charge in [-0.15, -0.1) is 0 Å². The second-order valence-corrected chi connectivity index (χ2v) is 35.4. The molecular formula is C48H61SiZr. The Bertz CT molecular complexity index is 1680. The monoisotopic (exact) mass is 755 g/mol. The maximum absolute atomic E-state index is 2.74. The summed E-state index contributed by atoms with van der Waals surface area (Å²) in [6.07, 6.45) is 20.4. The van der Waals surface area contributed by atoms with Crippen molar-refractivity contribution in [1.82, 2.24) is 0 Å². The molecule has 0 aliphatic heterocycles. The van der Waals surface area contributed by atoms with Crippen molar-refractivity contribution in [1.29, 1.82) is 0 Å². The molecule has 261 valence electrons. The SMILES string of the molecule is CCCCC1=Cc2c(-c3ccccc3CCCC)cccc2[CH]1[Zr]([CH]1C(CCCC)=Cc2c(-c3ccccc3CCCC)cccc21)[SiH](C)C. The van der Waals surface area contributed by atoms with Crippen LogP contribution in [0.1, 0.15) is 133 Å². The molecule has 0 saturated heterocycles. The third-order valence-corrected chi connectivity index (χ3v) is 33.2. The molecule has 0 saturated carbocycles. The molecule has 0 heterocycles. The predicted octanol–water partition coefficient (Wildman–Crippen LogP) is 14.3. The fourth-order valence-corrected chi connectivity index (χ4v) is 31.8. The van der Waals surface area contributed by atoms with Crippen molar-refractivity contribution in [3.8, 4) is 22.3 Å². The van der Waals surface area contributed by atoms with Crippen LogP contribution < -0.4 is 0 Å². The summed E-state index contributed by atoms with van der Waals surface area (Å²) in [6.45, 7) is 14.9. The zero-order chi connectivity index (χ0) is 35.0. The second-order valence-electron chi connectivity index (χ2n) is 15.3. The zero-order valence-corrected chi connectivity index (χ0v) is 35.6. The van der Waals surface area contributed by atoms with Crippen LogP contribution in [-0.4, -0.2) is 5.92 Å². The Kier molecular flexibility index (Phi) is 13.2. The Morgan fingerprint density at radius 2 is 0.840 bits per heavy atom. The molecule has 2 aliphatic rings. The number of benzene rings is 4. The predicted molar refractivity (Wildman–Crippen MR) is 220 cm³/mol. The van der Waals surface area contributed by atoms with Gasteiger partial charge >= 0.3 is 316 Å². The average Bonchev–Trinajstić information content (AvgIpc) is 3.70. The molecule has 0 spiro atoms. The third-order valence-electron chi connectivity index (χ3n) is 11.5. The minimum atomic E-state index is -2.21. The summed E-state index contributed by atoms with van der Waals surface area (Å²) in [5.74, 6) is -0.969. The number of hydrogen-bond donors (Lipinski definition) is 0. The van der Waals surface area contributed by atoms with Crippen LogP contribution in [-0.2, 0) is 33.8 Å². The van der Waals surface area contributed by atoms with Crippen molar-refractivity contribution >= 4 is 18.1 Å². The van der Waals surface area contributed by atoms with Crippen molar-refractivity contribution in [3.63, 3.8) is 0 Å². The summed E-state index contributed by atoms with van der Waals surface area (Å²) < 4.78 is 1.38. The third kappa shape index (κ3) is 7.78. The number of hydrogen-bond acceptors (Lipinski definition) is 0. The quantitative estimate of drug-likeness (QED) is 0.0941. The topological polar surface area (TPSA) is 0 Å². The zero-order valence-electron chi connectivity index (χ0n) is 32.0. The van der Waals surface area contributed by atoms with Crippen molar-refractivity contribution < 1.29 is 20.9 Å². The van der Waals surface area contributed by atoms with Crippen LogP contribution in [0.2, 0.25) is 13.1 Å². The number of rotatable bonds is 17. The van der Waals surface area contributed by atoms with E-state index in [0.29, 0.717) is 7.25 Å². The van der Waals surface area contributed by atoms with E-state index in [1.165, 1.54) is 110 Å². The molecule has 0 aromatic heterocycles. The Hall–Kier alpha value is -2.54. The van der Waals surface area contributed by atoms with E-state index in [4.69, 9.17) is 0 Å². The van der Waals surface area contributed by atoms with Gasteiger partial charge in [-0.3, -0.25) is 0 Å². The van der Waals surface area contributed by atoms with E-state index in [1.54, 1.807) is 33.4 Å². The first-order valence-corrected chi connectivity index (χ1v) is 30.2. The van der Waals surface area contributed by atoms with Gasteiger partial charge in [0.25, 0.3) is 0 Å². The van der Waals surface area contributed by atoms with Crippen molar-refractivity contribution in [2.45, 2.75) is 125 Å². The van der Waals surface area contributed by atoms with E-state index in [0.717, 1.165) is 0 Å². The maximum atomic E-state index is 2.74. The van der Waals surface area contributed by atoms with Gasteiger partial charge in [-0.1, -0.05) is 0 Å². The molecule has 6 rings (SSSR count). The molecule has 0 amide bonds. The van der Waals surface area contributed by atoms with Crippen LogP contribution in [0.5, 0.6) is 0 Å². The van der Waals surface area contributed by atoms with Gasteiger partial charge in [-0.05, 0) is 0 Å². The number of fused-ring (bicyclic) bond motifs is 2. The average molecular weight is 757 g/mol. The Labute approximate surface area is 313 Å². The van der Waals surface area contributed by atoms with Crippen LogP contribution in [0, 0.1) is 0 Å². The van der Waals surface area contributed by atoms with Crippen molar-refractivity contribution in [2.75, 3.05) is 0 Å². The van der Waals surface area contributed by atoms with Crippen molar-refractivity contribution in [2.24, 2.45) is 0 Å². The normalized spacial score (nSPS) is 16.4. The Morgan fingerprint density at radius 3 is 1.24 bits per heavy atom. The molecule has 0 N–H and O–H groups in total. The first-order chi connectivity index (χ1) is 24.5. The van der Waals surface area contributed by atoms with Crippen LogP contribution in [0.3, 0.4) is 0 Å². The summed E-state index contributed by atoms with van der Waals surface area (Å²) in [4.78, 5) is 0. The van der Waals surface area contributed by atoms with Gasteiger partial charge in [0, 0.05) is 0 Å². The van der Waals surface area contributed by atoms with Gasteiger partial charge in [0.1, 0.15) is 0 Å². The molecule has 2 heteroatoms. The van der Waals surface area contributed by atoms with Gasteiger partial charge in [-0.25, -0.2) is 0 Å². The fourth-order valence-electron chi connectivity index (χ4n) is 8.95. The van der Waals surface area contributed by atoms with E-state index < -0.39 is 26.8 Å². The summed E-state index contributed by atoms with van der Waals surface area (Å²) in [7, 11) is 0. The van der Waals surface area contributed by atoms with Gasteiger partial charge in [0.05, 0.1) is 0 Å². The summed E-state index contributed by atoms with van der Waals surface area (Å²) in [6, 6.07) is 33.5. The molecule has 2 aliphatic carbocycles. The molecule has 0 nitrogen and oxygen atoms in total. The standard InChI is InChI=1S/2C23H27.C2H7Si.Zr/c2*1-3-5-10-18-16-20-13-9-15-22(23(20)17-18)21-14-8-7-12-19(21)11-6-4-2;1-3-2;/h2*7-9,12-17H,3-6,10-11H2,1-2H3;3H,1-2H3;.